The highest BCUT2D eigenvalue weighted by atomic mass is 16.7. The molecule has 0 aliphatic carbocycles. The Bertz CT molecular complexity index is 489. The summed E-state index contributed by atoms with van der Waals surface area (Å²) in [5, 5.41) is 34.8. The molecule has 9 heteroatoms. The van der Waals surface area contributed by atoms with E-state index in [1.165, 1.54) is 13.8 Å². The summed E-state index contributed by atoms with van der Waals surface area (Å²) in [6.07, 6.45) is -1.94. The van der Waals surface area contributed by atoms with Gasteiger partial charge < -0.3 is 35.4 Å². The summed E-state index contributed by atoms with van der Waals surface area (Å²) < 4.78 is 11.5. The maximum Gasteiger partial charge on any atom is 0.217 e. The zero-order valence-corrected chi connectivity index (χ0v) is 17.3. The first-order chi connectivity index (χ1) is 13.2. The van der Waals surface area contributed by atoms with Gasteiger partial charge in [-0.3, -0.25) is 9.59 Å². The predicted octanol–water partition coefficient (Wildman–Crippen LogP) is -0.475. The van der Waals surface area contributed by atoms with Crippen molar-refractivity contribution >= 4 is 11.8 Å². The Balaban J connectivity index is 2.63. The second-order valence-electron chi connectivity index (χ2n) is 7.67. The molecule has 1 rings (SSSR count). The number of carbonyl (C=O) groups excluding carboxylic acids is 2. The van der Waals surface area contributed by atoms with E-state index in [9.17, 15) is 19.8 Å². The second kappa shape index (κ2) is 12.3. The van der Waals surface area contributed by atoms with Crippen LogP contribution in [0.5, 0.6) is 0 Å². The van der Waals surface area contributed by atoms with Crippen molar-refractivity contribution in [1.82, 2.24) is 10.6 Å². The van der Waals surface area contributed by atoms with E-state index >= 15 is 0 Å². The first-order valence-electron chi connectivity index (χ1n) is 9.92. The summed E-state index contributed by atoms with van der Waals surface area (Å²) >= 11 is 0. The van der Waals surface area contributed by atoms with Crippen molar-refractivity contribution in [3.63, 3.8) is 0 Å². The lowest BCUT2D eigenvalue weighted by Crippen LogP contribution is -2.65. The van der Waals surface area contributed by atoms with E-state index < -0.39 is 30.6 Å². The Morgan fingerprint density at radius 3 is 2.29 bits per heavy atom. The number of aliphatic hydroxyl groups is 3. The molecule has 2 amide bonds. The summed E-state index contributed by atoms with van der Waals surface area (Å²) in [5.41, 5.74) is 0. The van der Waals surface area contributed by atoms with Gasteiger partial charge in [-0.05, 0) is 31.1 Å². The van der Waals surface area contributed by atoms with E-state index in [0.717, 1.165) is 19.3 Å². The van der Waals surface area contributed by atoms with Crippen LogP contribution in [0.4, 0.5) is 0 Å². The van der Waals surface area contributed by atoms with Gasteiger partial charge in [-0.25, -0.2) is 0 Å². The topological polar surface area (TPSA) is 137 Å². The maximum absolute atomic E-state index is 11.5. The molecule has 0 spiro atoms. The summed E-state index contributed by atoms with van der Waals surface area (Å²) in [4.78, 5) is 22.6. The SMILES string of the molecule is CC(=O)NCC1OC(OCCCC(C)C(C)CCO)C(NC(C)=O)C(O)C1O. The van der Waals surface area contributed by atoms with Gasteiger partial charge in [0.15, 0.2) is 6.29 Å². The average molecular weight is 405 g/mol. The summed E-state index contributed by atoms with van der Waals surface area (Å²) in [5.74, 6) is 0.175. The fourth-order valence-electron chi connectivity index (χ4n) is 3.25. The molecule has 1 aliphatic rings. The quantitative estimate of drug-likeness (QED) is 0.293. The molecule has 1 fully saturated rings. The van der Waals surface area contributed by atoms with Crippen LogP contribution in [0.3, 0.4) is 0 Å². The zero-order chi connectivity index (χ0) is 21.3. The molecule has 164 valence electrons. The van der Waals surface area contributed by atoms with Gasteiger partial charge in [0.25, 0.3) is 0 Å². The molecule has 7 unspecified atom stereocenters. The molecule has 0 aromatic carbocycles. The Labute approximate surface area is 166 Å². The van der Waals surface area contributed by atoms with Crippen molar-refractivity contribution < 1.29 is 34.4 Å². The maximum atomic E-state index is 11.5. The van der Waals surface area contributed by atoms with Crippen molar-refractivity contribution in [1.29, 1.82) is 0 Å². The Morgan fingerprint density at radius 1 is 1.07 bits per heavy atom. The Morgan fingerprint density at radius 2 is 1.71 bits per heavy atom. The number of hydrogen-bond acceptors (Lipinski definition) is 7. The molecular formula is C19H36N2O7. The zero-order valence-electron chi connectivity index (χ0n) is 17.3. The van der Waals surface area contributed by atoms with Gasteiger partial charge in [-0.1, -0.05) is 13.8 Å². The van der Waals surface area contributed by atoms with Crippen molar-refractivity contribution in [3.8, 4) is 0 Å². The van der Waals surface area contributed by atoms with Gasteiger partial charge in [-0.2, -0.15) is 0 Å². The minimum atomic E-state index is -1.29. The van der Waals surface area contributed by atoms with Crippen LogP contribution in [0.1, 0.15) is 47.0 Å². The van der Waals surface area contributed by atoms with Gasteiger partial charge in [0.05, 0.1) is 0 Å². The molecule has 9 nitrogen and oxygen atoms in total. The van der Waals surface area contributed by atoms with Crippen LogP contribution in [0.15, 0.2) is 0 Å². The monoisotopic (exact) mass is 404 g/mol. The molecule has 5 N–H and O–H groups in total. The minimum absolute atomic E-state index is 0.0237. The molecule has 0 aromatic heterocycles. The van der Waals surface area contributed by atoms with Crippen molar-refractivity contribution in [3.05, 3.63) is 0 Å². The average Bonchev–Trinajstić information content (AvgIpc) is 2.62. The lowest BCUT2D eigenvalue weighted by Gasteiger charge is -2.42. The normalized spacial score (nSPS) is 29.8. The molecule has 0 saturated carbocycles. The molecule has 1 heterocycles. The van der Waals surface area contributed by atoms with Gasteiger partial charge in [0.2, 0.25) is 11.8 Å². The Hall–Kier alpha value is -1.26. The molecule has 0 bridgehead atoms. The van der Waals surface area contributed by atoms with Crippen LogP contribution in [0.2, 0.25) is 0 Å². The highest BCUT2D eigenvalue weighted by Gasteiger charge is 2.45. The summed E-state index contributed by atoms with van der Waals surface area (Å²) in [7, 11) is 0. The van der Waals surface area contributed by atoms with E-state index in [2.05, 4.69) is 24.5 Å². The predicted molar refractivity (Wildman–Crippen MR) is 102 cm³/mol. The third-order valence-corrected chi connectivity index (χ3v) is 5.26. The standard InChI is InChI=1S/C19H36N2O7/c1-11(12(2)7-8-22)6-5-9-27-19-16(21-14(4)24)18(26)17(25)15(28-19)10-20-13(3)23/h11-12,15-19,22,25-26H,5-10H2,1-4H3,(H,20,23)(H,21,24). The smallest absolute Gasteiger partial charge is 0.217 e. The van der Waals surface area contributed by atoms with Crippen LogP contribution in [-0.2, 0) is 19.1 Å². The van der Waals surface area contributed by atoms with Crippen molar-refractivity contribution in [2.75, 3.05) is 19.8 Å². The second-order valence-corrected chi connectivity index (χ2v) is 7.67. The number of rotatable bonds is 11. The van der Waals surface area contributed by atoms with Crippen LogP contribution in [0.25, 0.3) is 0 Å². The fourth-order valence-corrected chi connectivity index (χ4v) is 3.25. The van der Waals surface area contributed by atoms with E-state index in [-0.39, 0.29) is 25.0 Å². The molecule has 28 heavy (non-hydrogen) atoms. The first kappa shape index (κ1) is 24.8. The lowest BCUT2D eigenvalue weighted by atomic mass is 9.89. The largest absolute Gasteiger partial charge is 0.396 e. The van der Waals surface area contributed by atoms with Crippen LogP contribution < -0.4 is 10.6 Å². The number of carbonyl (C=O) groups is 2. The Kier molecular flexibility index (Phi) is 10.9. The number of amides is 2. The number of nitrogens with one attached hydrogen (secondary N) is 2. The molecule has 7 atom stereocenters. The fraction of sp³-hybridized carbons (Fsp3) is 0.895. The first-order valence-corrected chi connectivity index (χ1v) is 9.92. The molecule has 1 aliphatic heterocycles. The number of ether oxygens (including phenoxy) is 2. The van der Waals surface area contributed by atoms with Crippen LogP contribution in [0, 0.1) is 11.8 Å². The van der Waals surface area contributed by atoms with Gasteiger partial charge >= 0.3 is 0 Å². The van der Waals surface area contributed by atoms with E-state index in [4.69, 9.17) is 14.6 Å². The highest BCUT2D eigenvalue weighted by Crippen LogP contribution is 2.24. The highest BCUT2D eigenvalue weighted by molar-refractivity contribution is 5.73. The minimum Gasteiger partial charge on any atom is -0.396 e. The van der Waals surface area contributed by atoms with Crippen LogP contribution >= 0.6 is 0 Å². The lowest BCUT2D eigenvalue weighted by molar-refractivity contribution is -0.263. The third kappa shape index (κ3) is 8.00. The third-order valence-electron chi connectivity index (χ3n) is 5.26. The van der Waals surface area contributed by atoms with Crippen molar-refractivity contribution in [2.45, 2.75) is 77.6 Å². The van der Waals surface area contributed by atoms with E-state index in [0.29, 0.717) is 18.4 Å². The molecule has 0 radical (unpaired) electrons. The summed E-state index contributed by atoms with van der Waals surface area (Å²) in [6, 6.07) is -0.910. The van der Waals surface area contributed by atoms with E-state index in [1.54, 1.807) is 0 Å². The van der Waals surface area contributed by atoms with Crippen molar-refractivity contribution in [2.24, 2.45) is 11.8 Å². The number of aliphatic hydroxyl groups excluding tert-OH is 3. The molecule has 0 aromatic rings. The van der Waals surface area contributed by atoms with Gasteiger partial charge in [0.1, 0.15) is 24.4 Å². The molecule has 1 saturated heterocycles. The molecular weight excluding hydrogens is 368 g/mol. The van der Waals surface area contributed by atoms with E-state index in [1.807, 2.05) is 0 Å². The van der Waals surface area contributed by atoms with Gasteiger partial charge in [-0.15, -0.1) is 0 Å². The van der Waals surface area contributed by atoms with Gasteiger partial charge in [0, 0.05) is 33.6 Å². The number of hydrogen-bond donors (Lipinski definition) is 5. The van der Waals surface area contributed by atoms with Crippen LogP contribution in [-0.4, -0.2) is 77.5 Å². The summed E-state index contributed by atoms with van der Waals surface area (Å²) in [6.45, 7) is 7.43.